The van der Waals surface area contributed by atoms with E-state index in [-0.39, 0.29) is 75.7 Å². The molecule has 4 atom stereocenters. The monoisotopic (exact) mass is 415 g/mol. The van der Waals surface area contributed by atoms with Gasteiger partial charge in [0.25, 0.3) is 0 Å². The Labute approximate surface area is 171 Å². The first kappa shape index (κ1) is 18.9. The Morgan fingerprint density at radius 3 is 2.86 bits per heavy atom. The summed E-state index contributed by atoms with van der Waals surface area (Å²) >= 11 is 0. The van der Waals surface area contributed by atoms with Gasteiger partial charge in [0.2, 0.25) is 0 Å². The molecule has 2 heterocycles. The van der Waals surface area contributed by atoms with Crippen LogP contribution in [0.1, 0.15) is 58.4 Å². The van der Waals surface area contributed by atoms with Crippen molar-refractivity contribution in [3.05, 3.63) is 17.4 Å². The van der Waals surface area contributed by atoms with E-state index in [1.54, 1.807) is 0 Å². The molecule has 118 valence electrons. The van der Waals surface area contributed by atoms with Crippen molar-refractivity contribution in [1.82, 2.24) is 9.55 Å². The van der Waals surface area contributed by atoms with E-state index in [9.17, 15) is 5.11 Å². The topological polar surface area (TPSA) is 50.4 Å². The Bertz CT molecular complexity index is 566. The van der Waals surface area contributed by atoms with Crippen molar-refractivity contribution >= 4 is 12.0 Å². The number of aliphatic imine (C=N–C) groups is 1. The van der Waals surface area contributed by atoms with Crippen LogP contribution in [0.4, 0.5) is 5.82 Å². The zero-order valence-electron chi connectivity index (χ0n) is 14.5. The number of aliphatic hydroxyl groups is 1. The molecule has 1 N–H and O–H groups in total. The molecule has 4 nitrogen and oxygen atoms in total. The third kappa shape index (κ3) is 3.32. The first-order chi connectivity index (χ1) is 10.1. The Morgan fingerprint density at radius 2 is 2.23 bits per heavy atom. The summed E-state index contributed by atoms with van der Waals surface area (Å²) in [4.78, 5) is 9.18. The Balaban J connectivity index is 0.00000132. The molecular formula is C16H23N3OVY-2. The van der Waals surface area contributed by atoms with Crippen molar-refractivity contribution in [1.29, 1.82) is 0 Å². The van der Waals surface area contributed by atoms with Crippen LogP contribution in [-0.2, 0) is 51.3 Å². The summed E-state index contributed by atoms with van der Waals surface area (Å²) in [5.41, 5.74) is 1.05. The van der Waals surface area contributed by atoms with E-state index in [0.717, 1.165) is 30.2 Å². The average Bonchev–Trinajstić information content (AvgIpc) is 2.96. The summed E-state index contributed by atoms with van der Waals surface area (Å²) in [6, 6.07) is 0.141. The van der Waals surface area contributed by atoms with Crippen LogP contribution in [0.5, 0.6) is 0 Å². The molecule has 0 aromatic carbocycles. The van der Waals surface area contributed by atoms with Crippen LogP contribution < -0.4 is 0 Å². The van der Waals surface area contributed by atoms with Crippen LogP contribution in [0.25, 0.3) is 0 Å². The number of hydrogen-bond donors (Lipinski definition) is 1. The minimum atomic E-state index is 0. The first-order valence-corrected chi connectivity index (χ1v) is 7.36. The van der Waals surface area contributed by atoms with Crippen LogP contribution in [-0.4, -0.2) is 27.5 Å². The number of fused-ring (bicyclic) bond motifs is 1. The molecule has 1 aromatic rings. The van der Waals surface area contributed by atoms with Crippen molar-refractivity contribution in [2.45, 2.75) is 52.5 Å². The van der Waals surface area contributed by atoms with Gasteiger partial charge in [0.15, 0.2) is 0 Å². The molecule has 0 amide bonds. The fourth-order valence-electron chi connectivity index (χ4n) is 3.48. The summed E-state index contributed by atoms with van der Waals surface area (Å²) in [5.74, 6) is 3.93. The van der Waals surface area contributed by atoms with Crippen molar-refractivity contribution in [3.63, 3.8) is 0 Å². The van der Waals surface area contributed by atoms with Gasteiger partial charge in [-0.05, 0) is 25.9 Å². The minimum absolute atomic E-state index is 0. The van der Waals surface area contributed by atoms with Gasteiger partial charge < -0.3 is 14.7 Å². The average molecular weight is 415 g/mol. The molecule has 1 fully saturated rings. The third-order valence-electron chi connectivity index (χ3n) is 4.93. The predicted molar refractivity (Wildman–Crippen MR) is 79.4 cm³/mol. The predicted octanol–water partition coefficient (Wildman–Crippen LogP) is 3.06. The first-order valence-electron chi connectivity index (χ1n) is 8.07. The van der Waals surface area contributed by atoms with Crippen molar-refractivity contribution in [2.24, 2.45) is 16.8 Å². The Hall–Kier alpha value is 0.528. The molecular weight excluding hydrogens is 390 g/mol. The molecule has 1 aliphatic carbocycles. The van der Waals surface area contributed by atoms with Crippen molar-refractivity contribution in [3.8, 4) is 0 Å². The maximum absolute atomic E-state index is 9.58. The number of rotatable bonds is 2. The van der Waals surface area contributed by atoms with Crippen LogP contribution >= 0.6 is 0 Å². The molecule has 22 heavy (non-hydrogen) atoms. The summed E-state index contributed by atoms with van der Waals surface area (Å²) in [5, 5.41) is 9.58. The summed E-state index contributed by atoms with van der Waals surface area (Å²) in [6.07, 6.45) is 4.79. The van der Waals surface area contributed by atoms with Crippen molar-refractivity contribution < 1.29 is 57.7 Å². The number of hydrogen-bond acceptors (Lipinski definition) is 3. The second-order valence-electron chi connectivity index (χ2n) is 6.17. The van der Waals surface area contributed by atoms with Gasteiger partial charge in [-0.1, -0.05) is 26.7 Å². The van der Waals surface area contributed by atoms with E-state index in [2.05, 4.69) is 29.6 Å². The van der Waals surface area contributed by atoms with Gasteiger partial charge in [-0.25, -0.2) is 0 Å². The zero-order valence-corrected chi connectivity index (χ0v) is 17.7. The van der Waals surface area contributed by atoms with Crippen LogP contribution in [0.2, 0.25) is 0 Å². The Morgan fingerprint density at radius 1 is 1.50 bits per heavy atom. The Kier molecular flexibility index (Phi) is 6.92. The maximum atomic E-state index is 9.58. The van der Waals surface area contributed by atoms with Gasteiger partial charge in [0.05, 0.1) is 5.82 Å². The van der Waals surface area contributed by atoms with Gasteiger partial charge >= 0.3 is 0 Å². The minimum Gasteiger partial charge on any atom is -0.440 e. The number of imidazole rings is 1. The molecule has 1 saturated carbocycles. The summed E-state index contributed by atoms with van der Waals surface area (Å²) < 4.78 is 10.1. The second kappa shape index (κ2) is 8.07. The molecule has 4 unspecified atom stereocenters. The molecule has 1 aliphatic heterocycles. The quantitative estimate of drug-likeness (QED) is 0.756. The van der Waals surface area contributed by atoms with Gasteiger partial charge in [-0.3, -0.25) is 10.9 Å². The number of aliphatic hydroxyl groups excluding tert-OH is 1. The van der Waals surface area contributed by atoms with Crippen LogP contribution in [0.15, 0.2) is 4.99 Å². The molecule has 0 bridgehead atoms. The van der Waals surface area contributed by atoms with Gasteiger partial charge in [0, 0.05) is 63.6 Å². The molecule has 2 aliphatic rings. The van der Waals surface area contributed by atoms with Crippen LogP contribution in [0.3, 0.4) is 0 Å². The number of aromatic nitrogens is 2. The molecule has 6 heteroatoms. The van der Waals surface area contributed by atoms with Crippen molar-refractivity contribution in [2.75, 3.05) is 6.61 Å². The number of aryl methyl sites for hydroxylation is 1. The van der Waals surface area contributed by atoms with Crippen LogP contribution in [0, 0.1) is 24.7 Å². The smallest absolute Gasteiger partial charge is 0.0870 e. The van der Waals surface area contributed by atoms with E-state index >= 15 is 0 Å². The summed E-state index contributed by atoms with van der Waals surface area (Å²) in [6.45, 7) is 6.78. The standard InChI is InChI=1S/C16H23N3O.V.Y/c1-9-5-6-17-16-15(9)18-12(4)19(16)14-7-13(8-20)10(2)11(14)3;;/h9-10,13-14,20H,5,7-8H2,1-4H3;;/q-2;;/i3T;;. The van der Waals surface area contributed by atoms with E-state index in [4.69, 9.17) is 6.35 Å². The molecule has 3 rings (SSSR count). The normalized spacial score (nSPS) is 31.2. The molecule has 2 radical (unpaired) electrons. The molecule has 1 aromatic heterocycles. The van der Waals surface area contributed by atoms with E-state index in [0.29, 0.717) is 12.8 Å². The fourth-order valence-corrected chi connectivity index (χ4v) is 3.48. The van der Waals surface area contributed by atoms with E-state index in [1.807, 2.05) is 6.92 Å². The maximum Gasteiger partial charge on any atom is 0.0870 e. The SMILES string of the molecule is [3H]C[C-]1C(C)C(CO)CC1n1c(C)nc2c1N=[C-]CC2C.[V].[Y]. The second-order valence-corrected chi connectivity index (χ2v) is 6.17. The van der Waals surface area contributed by atoms with E-state index < -0.39 is 0 Å². The van der Waals surface area contributed by atoms with E-state index in [1.165, 1.54) is 5.92 Å². The zero-order chi connectivity index (χ0) is 15.1. The third-order valence-corrected chi connectivity index (χ3v) is 4.93. The molecule has 0 spiro atoms. The fraction of sp³-hybridized carbons (Fsp3) is 0.688. The number of nitrogens with zero attached hydrogens (tertiary/aromatic N) is 3. The van der Waals surface area contributed by atoms with Gasteiger partial charge in [-0.15, -0.1) is 6.04 Å². The molecule has 0 saturated heterocycles. The van der Waals surface area contributed by atoms with Gasteiger partial charge in [0.1, 0.15) is 0 Å². The van der Waals surface area contributed by atoms with Gasteiger partial charge in [-0.2, -0.15) is 19.0 Å². The summed E-state index contributed by atoms with van der Waals surface area (Å²) in [7, 11) is 0. The largest absolute Gasteiger partial charge is 0.440 e.